The summed E-state index contributed by atoms with van der Waals surface area (Å²) in [4.78, 5) is 15.4. The van der Waals surface area contributed by atoms with E-state index in [9.17, 15) is 4.79 Å². The number of methoxy groups -OCH3 is 1. The summed E-state index contributed by atoms with van der Waals surface area (Å²) < 4.78 is 10.1. The van der Waals surface area contributed by atoms with E-state index in [0.29, 0.717) is 11.4 Å². The third-order valence-corrected chi connectivity index (χ3v) is 2.26. The van der Waals surface area contributed by atoms with E-state index in [-0.39, 0.29) is 11.7 Å². The summed E-state index contributed by atoms with van der Waals surface area (Å²) in [7, 11) is 1.55. The lowest BCUT2D eigenvalue weighted by molar-refractivity contribution is 0.0996. The van der Waals surface area contributed by atoms with Crippen molar-refractivity contribution in [3.05, 3.63) is 42.1 Å². The maximum absolute atomic E-state index is 11.8. The van der Waals surface area contributed by atoms with E-state index in [1.54, 1.807) is 13.2 Å². The van der Waals surface area contributed by atoms with Gasteiger partial charge < -0.3 is 14.5 Å². The molecule has 0 aliphatic rings. The molecule has 0 unspecified atom stereocenters. The van der Waals surface area contributed by atoms with Crippen molar-refractivity contribution in [1.82, 2.24) is 4.98 Å². The molecule has 1 aromatic carbocycles. The average molecular weight is 232 g/mol. The maximum Gasteiger partial charge on any atom is 0.293 e. The van der Waals surface area contributed by atoms with E-state index in [0.717, 1.165) is 5.56 Å². The van der Waals surface area contributed by atoms with E-state index < -0.39 is 0 Å². The van der Waals surface area contributed by atoms with Gasteiger partial charge in [-0.05, 0) is 24.6 Å². The topological polar surface area (TPSA) is 64.4 Å². The summed E-state index contributed by atoms with van der Waals surface area (Å²) in [6.45, 7) is 1.93. The fraction of sp³-hybridized carbons (Fsp3) is 0.167. The summed E-state index contributed by atoms with van der Waals surface area (Å²) in [6.07, 6.45) is 2.57. The standard InChI is InChI=1S/C12H12N2O3/c1-8-3-4-10(16-2)9(5-8)14-12(15)11-6-13-7-17-11/h3-7H,1-2H3,(H,14,15). The number of carbonyl (C=O) groups excluding carboxylic acids is 1. The van der Waals surface area contributed by atoms with Crippen LogP contribution in [0.1, 0.15) is 16.1 Å². The van der Waals surface area contributed by atoms with E-state index in [1.165, 1.54) is 12.6 Å². The van der Waals surface area contributed by atoms with Crippen molar-refractivity contribution in [2.45, 2.75) is 6.92 Å². The van der Waals surface area contributed by atoms with Crippen LogP contribution in [0, 0.1) is 6.92 Å². The number of carbonyl (C=O) groups is 1. The van der Waals surface area contributed by atoms with Gasteiger partial charge in [0.15, 0.2) is 6.39 Å². The first-order chi connectivity index (χ1) is 8.20. The molecule has 0 atom stereocenters. The van der Waals surface area contributed by atoms with Gasteiger partial charge in [-0.15, -0.1) is 0 Å². The summed E-state index contributed by atoms with van der Waals surface area (Å²) >= 11 is 0. The van der Waals surface area contributed by atoms with Gasteiger partial charge in [-0.1, -0.05) is 6.07 Å². The molecule has 1 amide bonds. The number of hydrogen-bond donors (Lipinski definition) is 1. The van der Waals surface area contributed by atoms with Gasteiger partial charge in [-0.3, -0.25) is 4.79 Å². The Bertz CT molecular complexity index is 521. The SMILES string of the molecule is COc1ccc(C)cc1NC(=O)c1cnco1. The fourth-order valence-electron chi connectivity index (χ4n) is 1.43. The number of nitrogens with zero attached hydrogens (tertiary/aromatic N) is 1. The number of benzene rings is 1. The molecule has 0 radical (unpaired) electrons. The van der Waals surface area contributed by atoms with Gasteiger partial charge in [0.1, 0.15) is 5.75 Å². The van der Waals surface area contributed by atoms with Crippen molar-refractivity contribution in [1.29, 1.82) is 0 Å². The van der Waals surface area contributed by atoms with Crippen LogP contribution >= 0.6 is 0 Å². The van der Waals surface area contributed by atoms with Crippen molar-refractivity contribution in [3.8, 4) is 5.75 Å². The van der Waals surface area contributed by atoms with Crippen LogP contribution < -0.4 is 10.1 Å². The van der Waals surface area contributed by atoms with Crippen LogP contribution in [0.4, 0.5) is 5.69 Å². The highest BCUT2D eigenvalue weighted by atomic mass is 16.5. The minimum atomic E-state index is -0.355. The predicted octanol–water partition coefficient (Wildman–Crippen LogP) is 2.24. The van der Waals surface area contributed by atoms with Crippen molar-refractivity contribution in [3.63, 3.8) is 0 Å². The summed E-state index contributed by atoms with van der Waals surface area (Å²) in [5.74, 6) is 0.406. The molecule has 0 fully saturated rings. The Morgan fingerprint density at radius 1 is 1.47 bits per heavy atom. The lowest BCUT2D eigenvalue weighted by Crippen LogP contribution is -2.11. The molecule has 0 aliphatic heterocycles. The van der Waals surface area contributed by atoms with E-state index in [2.05, 4.69) is 10.3 Å². The molecule has 88 valence electrons. The van der Waals surface area contributed by atoms with Gasteiger partial charge in [-0.25, -0.2) is 4.98 Å². The molecule has 5 nitrogen and oxygen atoms in total. The maximum atomic E-state index is 11.8. The van der Waals surface area contributed by atoms with E-state index in [4.69, 9.17) is 9.15 Å². The van der Waals surface area contributed by atoms with Gasteiger partial charge >= 0.3 is 0 Å². The normalized spacial score (nSPS) is 10.0. The number of hydrogen-bond acceptors (Lipinski definition) is 4. The Morgan fingerprint density at radius 3 is 2.94 bits per heavy atom. The predicted molar refractivity (Wildman–Crippen MR) is 62.2 cm³/mol. The Morgan fingerprint density at radius 2 is 2.29 bits per heavy atom. The van der Waals surface area contributed by atoms with Crippen molar-refractivity contribution < 1.29 is 13.9 Å². The van der Waals surface area contributed by atoms with Gasteiger partial charge in [-0.2, -0.15) is 0 Å². The fourth-order valence-corrected chi connectivity index (χ4v) is 1.43. The lowest BCUT2D eigenvalue weighted by atomic mass is 10.2. The number of oxazole rings is 1. The van der Waals surface area contributed by atoms with Crippen LogP contribution in [0.25, 0.3) is 0 Å². The molecule has 2 rings (SSSR count). The lowest BCUT2D eigenvalue weighted by Gasteiger charge is -2.09. The smallest absolute Gasteiger partial charge is 0.293 e. The number of rotatable bonds is 3. The second kappa shape index (κ2) is 4.69. The van der Waals surface area contributed by atoms with Crippen LogP contribution in [-0.2, 0) is 0 Å². The minimum absolute atomic E-state index is 0.161. The van der Waals surface area contributed by atoms with Gasteiger partial charge in [0.05, 0.1) is 19.0 Å². The molecule has 1 heterocycles. The second-order valence-corrected chi connectivity index (χ2v) is 3.52. The first-order valence-electron chi connectivity index (χ1n) is 5.05. The van der Waals surface area contributed by atoms with E-state index >= 15 is 0 Å². The van der Waals surface area contributed by atoms with Crippen molar-refractivity contribution in [2.75, 3.05) is 12.4 Å². The van der Waals surface area contributed by atoms with Crippen molar-refractivity contribution in [2.24, 2.45) is 0 Å². The molecule has 17 heavy (non-hydrogen) atoms. The molecule has 0 bridgehead atoms. The van der Waals surface area contributed by atoms with Gasteiger partial charge in [0.25, 0.3) is 5.91 Å². The van der Waals surface area contributed by atoms with Gasteiger partial charge in [0, 0.05) is 0 Å². The molecule has 1 N–H and O–H groups in total. The summed E-state index contributed by atoms with van der Waals surface area (Å²) in [5, 5.41) is 2.71. The van der Waals surface area contributed by atoms with Crippen LogP contribution in [-0.4, -0.2) is 18.0 Å². The molecule has 2 aromatic rings. The first kappa shape index (κ1) is 11.2. The Kier molecular flexibility index (Phi) is 3.09. The number of anilines is 1. The zero-order chi connectivity index (χ0) is 12.3. The van der Waals surface area contributed by atoms with Crippen LogP contribution in [0.2, 0.25) is 0 Å². The highest BCUT2D eigenvalue weighted by Gasteiger charge is 2.12. The summed E-state index contributed by atoms with van der Waals surface area (Å²) in [5.41, 5.74) is 1.63. The second-order valence-electron chi connectivity index (χ2n) is 3.52. The molecule has 0 aliphatic carbocycles. The Hall–Kier alpha value is -2.30. The molecular formula is C12H12N2O3. The molecule has 5 heteroatoms. The number of ether oxygens (including phenoxy) is 1. The molecule has 0 saturated heterocycles. The molecule has 0 saturated carbocycles. The summed E-state index contributed by atoms with van der Waals surface area (Å²) in [6, 6.07) is 5.53. The molecular weight excluding hydrogens is 220 g/mol. The van der Waals surface area contributed by atoms with Crippen LogP contribution in [0.15, 0.2) is 35.2 Å². The molecule has 1 aromatic heterocycles. The van der Waals surface area contributed by atoms with Crippen LogP contribution in [0.5, 0.6) is 5.75 Å². The third kappa shape index (κ3) is 2.44. The zero-order valence-electron chi connectivity index (χ0n) is 9.56. The largest absolute Gasteiger partial charge is 0.495 e. The molecule has 0 spiro atoms. The number of nitrogens with one attached hydrogen (secondary N) is 1. The van der Waals surface area contributed by atoms with Crippen LogP contribution in [0.3, 0.4) is 0 Å². The van der Waals surface area contributed by atoms with E-state index in [1.807, 2.05) is 19.1 Å². The third-order valence-electron chi connectivity index (χ3n) is 2.26. The highest BCUT2D eigenvalue weighted by Crippen LogP contribution is 2.25. The number of aryl methyl sites for hydroxylation is 1. The quantitative estimate of drug-likeness (QED) is 0.881. The number of aromatic nitrogens is 1. The monoisotopic (exact) mass is 232 g/mol. The highest BCUT2D eigenvalue weighted by molar-refractivity contribution is 6.02. The Labute approximate surface area is 98.4 Å². The first-order valence-corrected chi connectivity index (χ1v) is 5.05. The minimum Gasteiger partial charge on any atom is -0.495 e. The zero-order valence-corrected chi connectivity index (χ0v) is 9.56. The average Bonchev–Trinajstić information content (AvgIpc) is 2.83. The Balaban J connectivity index is 2.23. The number of amides is 1. The van der Waals surface area contributed by atoms with Gasteiger partial charge in [0.2, 0.25) is 5.76 Å². The van der Waals surface area contributed by atoms with Crippen molar-refractivity contribution >= 4 is 11.6 Å².